The Hall–Kier alpha value is -1.06. The zero-order valence-corrected chi connectivity index (χ0v) is 18.6. The number of benzene rings is 1. The summed E-state index contributed by atoms with van der Waals surface area (Å²) in [6.07, 6.45) is 5.93. The van der Waals surface area contributed by atoms with Gasteiger partial charge < -0.3 is 14.3 Å². The number of aliphatic hydroxyl groups is 1. The molecule has 1 atom stereocenters. The van der Waals surface area contributed by atoms with Crippen molar-refractivity contribution in [3.05, 3.63) is 29.8 Å². The third-order valence-electron chi connectivity index (χ3n) is 5.85. The van der Waals surface area contributed by atoms with Crippen molar-refractivity contribution in [1.29, 1.82) is 0 Å². The van der Waals surface area contributed by atoms with Crippen LogP contribution in [0.5, 0.6) is 5.75 Å². The summed E-state index contributed by atoms with van der Waals surface area (Å²) < 4.78 is 6.87. The highest BCUT2D eigenvalue weighted by Crippen LogP contribution is 2.36. The Morgan fingerprint density at radius 3 is 2.04 bits per heavy atom. The lowest BCUT2D eigenvalue weighted by atomic mass is 9.72. The second kappa shape index (κ2) is 8.96. The Balaban J connectivity index is 1.87. The van der Waals surface area contributed by atoms with Gasteiger partial charge in [-0.1, -0.05) is 46.8 Å². The summed E-state index contributed by atoms with van der Waals surface area (Å²) in [7, 11) is 2.28. The van der Waals surface area contributed by atoms with E-state index in [1.165, 1.54) is 44.3 Å². The summed E-state index contributed by atoms with van der Waals surface area (Å²) in [6, 6.07) is 8.45. The highest BCUT2D eigenvalue weighted by molar-refractivity contribution is 5.31. The molecule has 1 aromatic carbocycles. The molecule has 0 spiro atoms. The van der Waals surface area contributed by atoms with Crippen LogP contribution in [-0.2, 0) is 5.41 Å². The van der Waals surface area contributed by atoms with E-state index in [1.807, 2.05) is 0 Å². The third kappa shape index (κ3) is 7.46. The number of nitrogens with zero attached hydrogens (tertiary/aromatic N) is 1. The first kappa shape index (κ1) is 22.2. The first-order valence-corrected chi connectivity index (χ1v) is 10.7. The van der Waals surface area contributed by atoms with Gasteiger partial charge in [0.15, 0.2) is 0 Å². The lowest BCUT2D eigenvalue weighted by Crippen LogP contribution is -2.50. The molecule has 0 saturated carbocycles. The number of likely N-dealkylation sites (tertiary alicyclic amines) is 1. The molecule has 0 radical (unpaired) electrons. The van der Waals surface area contributed by atoms with Gasteiger partial charge >= 0.3 is 0 Å². The van der Waals surface area contributed by atoms with E-state index in [4.69, 9.17) is 4.74 Å². The largest absolute Gasteiger partial charge is 0.491 e. The standard InChI is InChI=1S/C24H42NO2/c1-23(2,3)19-24(4,5)20-11-13-22(14-12-20)27-18-21(26)17-25(6)15-9-7-8-10-16-25/h11-14,21,26H,7-10,15-19H2,1-6H3/q+1. The second-order valence-corrected chi connectivity index (χ2v) is 10.8. The van der Waals surface area contributed by atoms with Crippen molar-refractivity contribution >= 4 is 0 Å². The number of likely N-dealkylation sites (N-methyl/N-ethyl adjacent to an activating group) is 1. The zero-order chi connectivity index (χ0) is 20.1. The van der Waals surface area contributed by atoms with Crippen LogP contribution < -0.4 is 4.74 Å². The molecule has 1 N–H and O–H groups in total. The molecule has 1 saturated heterocycles. The number of hydrogen-bond donors (Lipinski definition) is 1. The Kier molecular flexibility index (Phi) is 7.38. The average Bonchev–Trinajstić information content (AvgIpc) is 2.75. The Morgan fingerprint density at radius 1 is 0.963 bits per heavy atom. The van der Waals surface area contributed by atoms with Crippen LogP contribution in [0.15, 0.2) is 24.3 Å². The van der Waals surface area contributed by atoms with Crippen LogP contribution in [0.1, 0.15) is 72.3 Å². The minimum absolute atomic E-state index is 0.141. The summed E-state index contributed by atoms with van der Waals surface area (Å²) in [5.41, 5.74) is 1.78. The van der Waals surface area contributed by atoms with Crippen molar-refractivity contribution < 1.29 is 14.3 Å². The Labute approximate surface area is 167 Å². The molecule has 0 amide bonds. The van der Waals surface area contributed by atoms with Gasteiger partial charge in [-0.25, -0.2) is 0 Å². The fourth-order valence-electron chi connectivity index (χ4n) is 4.82. The van der Waals surface area contributed by atoms with Gasteiger partial charge in [0.05, 0.1) is 20.1 Å². The van der Waals surface area contributed by atoms with Crippen LogP contribution in [0.4, 0.5) is 0 Å². The number of aliphatic hydroxyl groups excluding tert-OH is 1. The maximum atomic E-state index is 10.5. The van der Waals surface area contributed by atoms with Crippen LogP contribution in [0.25, 0.3) is 0 Å². The van der Waals surface area contributed by atoms with Crippen molar-refractivity contribution in [2.24, 2.45) is 5.41 Å². The average molecular weight is 377 g/mol. The van der Waals surface area contributed by atoms with Gasteiger partial charge in [-0.15, -0.1) is 0 Å². The predicted molar refractivity (Wildman–Crippen MR) is 114 cm³/mol. The Morgan fingerprint density at radius 2 is 1.52 bits per heavy atom. The molecular formula is C24H42NO2+. The SMILES string of the molecule is CC(C)(C)CC(C)(C)c1ccc(OCC(O)C[N+]2(C)CCCCCC2)cc1. The van der Waals surface area contributed by atoms with Gasteiger partial charge in [-0.05, 0) is 60.6 Å². The topological polar surface area (TPSA) is 29.5 Å². The van der Waals surface area contributed by atoms with Crippen LogP contribution >= 0.6 is 0 Å². The molecule has 0 bridgehead atoms. The summed E-state index contributed by atoms with van der Waals surface area (Å²) >= 11 is 0. The molecule has 1 heterocycles. The summed E-state index contributed by atoms with van der Waals surface area (Å²) in [5, 5.41) is 10.5. The van der Waals surface area contributed by atoms with E-state index in [2.05, 4.69) is 65.9 Å². The molecule has 3 nitrogen and oxygen atoms in total. The van der Waals surface area contributed by atoms with E-state index in [9.17, 15) is 5.11 Å². The molecule has 1 fully saturated rings. The first-order valence-electron chi connectivity index (χ1n) is 10.7. The summed E-state index contributed by atoms with van der Waals surface area (Å²) in [5.74, 6) is 0.850. The normalized spacial score (nSPS) is 19.4. The third-order valence-corrected chi connectivity index (χ3v) is 5.85. The predicted octanol–water partition coefficient (Wildman–Crippen LogP) is 5.16. The quantitative estimate of drug-likeness (QED) is 0.666. The van der Waals surface area contributed by atoms with Gasteiger partial charge in [0.1, 0.15) is 25.0 Å². The smallest absolute Gasteiger partial charge is 0.137 e. The molecule has 1 aromatic rings. The molecule has 1 unspecified atom stereocenters. The van der Waals surface area contributed by atoms with Gasteiger partial charge in [-0.3, -0.25) is 0 Å². The van der Waals surface area contributed by atoms with E-state index in [0.29, 0.717) is 12.0 Å². The van der Waals surface area contributed by atoms with Gasteiger partial charge in [0, 0.05) is 0 Å². The fraction of sp³-hybridized carbons (Fsp3) is 0.750. The van der Waals surface area contributed by atoms with Gasteiger partial charge in [0.2, 0.25) is 0 Å². The highest BCUT2D eigenvalue weighted by atomic mass is 16.5. The van der Waals surface area contributed by atoms with Crippen LogP contribution in [0.2, 0.25) is 0 Å². The van der Waals surface area contributed by atoms with Crippen LogP contribution in [-0.4, -0.2) is 49.0 Å². The maximum Gasteiger partial charge on any atom is 0.137 e. The minimum atomic E-state index is -0.412. The molecular weight excluding hydrogens is 334 g/mol. The van der Waals surface area contributed by atoms with E-state index in [-0.39, 0.29) is 5.41 Å². The number of rotatable bonds is 7. The van der Waals surface area contributed by atoms with E-state index >= 15 is 0 Å². The second-order valence-electron chi connectivity index (χ2n) is 10.8. The lowest BCUT2D eigenvalue weighted by Gasteiger charge is -2.35. The maximum absolute atomic E-state index is 10.5. The van der Waals surface area contributed by atoms with E-state index < -0.39 is 6.10 Å². The van der Waals surface area contributed by atoms with E-state index in [1.54, 1.807) is 0 Å². The summed E-state index contributed by atoms with van der Waals surface area (Å²) in [6.45, 7) is 15.0. The molecule has 3 heteroatoms. The molecule has 0 aliphatic carbocycles. The van der Waals surface area contributed by atoms with Gasteiger partial charge in [-0.2, -0.15) is 0 Å². The van der Waals surface area contributed by atoms with Crippen molar-refractivity contribution in [2.45, 2.75) is 78.2 Å². The fourth-order valence-corrected chi connectivity index (χ4v) is 4.82. The molecule has 154 valence electrons. The minimum Gasteiger partial charge on any atom is -0.491 e. The number of quaternary nitrogens is 1. The molecule has 1 aliphatic rings. The molecule has 2 rings (SSSR count). The monoisotopic (exact) mass is 376 g/mol. The van der Waals surface area contributed by atoms with Crippen molar-refractivity contribution in [3.63, 3.8) is 0 Å². The van der Waals surface area contributed by atoms with Crippen molar-refractivity contribution in [1.82, 2.24) is 0 Å². The van der Waals surface area contributed by atoms with Crippen molar-refractivity contribution in [2.75, 3.05) is 33.3 Å². The summed E-state index contributed by atoms with van der Waals surface area (Å²) in [4.78, 5) is 0. The lowest BCUT2D eigenvalue weighted by molar-refractivity contribution is -0.911. The number of hydrogen-bond acceptors (Lipinski definition) is 2. The van der Waals surface area contributed by atoms with Gasteiger partial charge in [0.25, 0.3) is 0 Å². The molecule has 27 heavy (non-hydrogen) atoms. The highest BCUT2D eigenvalue weighted by Gasteiger charge is 2.28. The molecule has 1 aliphatic heterocycles. The number of ether oxygens (including phenoxy) is 1. The van der Waals surface area contributed by atoms with Crippen molar-refractivity contribution in [3.8, 4) is 5.75 Å². The van der Waals surface area contributed by atoms with Crippen LogP contribution in [0, 0.1) is 5.41 Å². The van der Waals surface area contributed by atoms with E-state index in [0.717, 1.165) is 23.2 Å². The van der Waals surface area contributed by atoms with Crippen LogP contribution in [0.3, 0.4) is 0 Å². The zero-order valence-electron chi connectivity index (χ0n) is 18.6. The molecule has 0 aromatic heterocycles. The first-order chi connectivity index (χ1) is 12.5. The Bertz CT molecular complexity index is 563.